The largest absolute Gasteiger partial charge is 0.358 e. The molecule has 5 heteroatoms. The molecule has 1 aromatic heterocycles. The number of nitrogens with zero attached hydrogens (tertiary/aromatic N) is 3. The summed E-state index contributed by atoms with van der Waals surface area (Å²) in [6.45, 7) is 4.31. The van der Waals surface area contributed by atoms with E-state index in [1.807, 2.05) is 6.07 Å². The third kappa shape index (κ3) is 2.98. The molecule has 0 atom stereocenters. The molecule has 0 unspecified atom stereocenters. The van der Waals surface area contributed by atoms with E-state index in [2.05, 4.69) is 45.1 Å². The molecule has 0 radical (unpaired) electrons. The summed E-state index contributed by atoms with van der Waals surface area (Å²) in [6, 6.07) is 6.23. The number of aromatic nitrogens is 1. The molecule has 2 heterocycles. The normalized spacial score (nSPS) is 16.7. The van der Waals surface area contributed by atoms with Gasteiger partial charge < -0.3 is 5.32 Å². The Morgan fingerprint density at radius 2 is 2.06 bits per heavy atom. The lowest BCUT2D eigenvalue weighted by Gasteiger charge is -2.30. The Labute approximate surface area is 108 Å². The van der Waals surface area contributed by atoms with Gasteiger partial charge in [-0.25, -0.2) is 4.57 Å². The number of carbonyl (C=O) groups excluding carboxylic acids is 1. The van der Waals surface area contributed by atoms with E-state index in [0.29, 0.717) is 6.54 Å². The van der Waals surface area contributed by atoms with E-state index in [9.17, 15) is 4.79 Å². The minimum absolute atomic E-state index is 0.0914. The average Bonchev–Trinajstić information content (AvgIpc) is 2.40. The molecule has 18 heavy (non-hydrogen) atoms. The lowest BCUT2D eigenvalue weighted by molar-refractivity contribution is -0.659. The Morgan fingerprint density at radius 3 is 2.67 bits per heavy atom. The van der Waals surface area contributed by atoms with Crippen molar-refractivity contribution >= 4 is 11.7 Å². The monoisotopic (exact) mass is 249 g/mol. The van der Waals surface area contributed by atoms with E-state index in [0.717, 1.165) is 26.2 Å². The third-order valence-electron chi connectivity index (χ3n) is 3.37. The Morgan fingerprint density at radius 1 is 1.33 bits per heavy atom. The number of piperazine rings is 1. The highest BCUT2D eigenvalue weighted by Gasteiger charge is 2.24. The zero-order chi connectivity index (χ0) is 13.0. The Kier molecular flexibility index (Phi) is 4.15. The molecular formula is C13H21N4O+. The molecule has 1 fully saturated rings. The van der Waals surface area contributed by atoms with E-state index >= 15 is 0 Å². The maximum atomic E-state index is 11.3. The zero-order valence-corrected chi connectivity index (χ0v) is 11.1. The summed E-state index contributed by atoms with van der Waals surface area (Å²) in [4.78, 5) is 15.9. The minimum atomic E-state index is 0.0914. The van der Waals surface area contributed by atoms with E-state index in [1.54, 1.807) is 7.05 Å². The summed E-state index contributed by atoms with van der Waals surface area (Å²) in [5.74, 6) is 1.32. The SMILES string of the molecule is CNC(=O)CN1CCN(c2cccc[n+]2C)CC1. The summed E-state index contributed by atoms with van der Waals surface area (Å²) in [5.41, 5.74) is 0. The van der Waals surface area contributed by atoms with Crippen LogP contribution >= 0.6 is 0 Å². The summed E-state index contributed by atoms with van der Waals surface area (Å²) < 4.78 is 2.13. The first kappa shape index (κ1) is 12.8. The minimum Gasteiger partial charge on any atom is -0.358 e. The molecule has 1 aliphatic heterocycles. The number of hydrogen-bond donors (Lipinski definition) is 1. The van der Waals surface area contributed by atoms with E-state index in [4.69, 9.17) is 0 Å². The average molecular weight is 249 g/mol. The van der Waals surface area contributed by atoms with Gasteiger partial charge in [0.15, 0.2) is 0 Å². The molecule has 0 spiro atoms. The third-order valence-corrected chi connectivity index (χ3v) is 3.37. The Bertz CT molecular complexity index is 413. The molecule has 1 saturated heterocycles. The summed E-state index contributed by atoms with van der Waals surface area (Å²) in [6.07, 6.45) is 2.06. The first-order chi connectivity index (χ1) is 8.70. The van der Waals surface area contributed by atoms with Crippen LogP contribution in [-0.4, -0.2) is 50.6 Å². The van der Waals surface area contributed by atoms with Crippen molar-refractivity contribution in [3.05, 3.63) is 24.4 Å². The van der Waals surface area contributed by atoms with Crippen LogP contribution in [0.4, 0.5) is 5.82 Å². The van der Waals surface area contributed by atoms with Crippen molar-refractivity contribution in [3.63, 3.8) is 0 Å². The fourth-order valence-corrected chi connectivity index (χ4v) is 2.26. The highest BCUT2D eigenvalue weighted by molar-refractivity contribution is 5.77. The number of nitrogens with one attached hydrogen (secondary N) is 1. The van der Waals surface area contributed by atoms with Crippen LogP contribution in [0.2, 0.25) is 0 Å². The van der Waals surface area contributed by atoms with Gasteiger partial charge in [0.25, 0.3) is 5.82 Å². The number of hydrogen-bond acceptors (Lipinski definition) is 3. The lowest BCUT2D eigenvalue weighted by Crippen LogP contribution is -2.52. The lowest BCUT2D eigenvalue weighted by atomic mass is 10.3. The molecule has 1 aromatic rings. The van der Waals surface area contributed by atoms with Crippen molar-refractivity contribution in [3.8, 4) is 0 Å². The van der Waals surface area contributed by atoms with Crippen molar-refractivity contribution in [2.75, 3.05) is 44.7 Å². The molecule has 1 aliphatic rings. The second-order valence-electron chi connectivity index (χ2n) is 4.61. The smallest absolute Gasteiger partial charge is 0.276 e. The van der Waals surface area contributed by atoms with Crippen molar-refractivity contribution < 1.29 is 9.36 Å². The van der Waals surface area contributed by atoms with Crippen LogP contribution in [0.1, 0.15) is 0 Å². The predicted octanol–water partition coefficient (Wildman–Crippen LogP) is -0.621. The molecule has 1 N–H and O–H groups in total. The van der Waals surface area contributed by atoms with Crippen LogP contribution in [0, 0.1) is 0 Å². The first-order valence-corrected chi connectivity index (χ1v) is 6.33. The van der Waals surface area contributed by atoms with Crippen molar-refractivity contribution in [2.45, 2.75) is 0 Å². The highest BCUT2D eigenvalue weighted by Crippen LogP contribution is 2.10. The number of carbonyl (C=O) groups is 1. The topological polar surface area (TPSA) is 39.5 Å². The van der Waals surface area contributed by atoms with Crippen molar-refractivity contribution in [1.29, 1.82) is 0 Å². The number of rotatable bonds is 3. The van der Waals surface area contributed by atoms with Gasteiger partial charge >= 0.3 is 0 Å². The molecule has 0 saturated carbocycles. The predicted molar refractivity (Wildman–Crippen MR) is 70.3 cm³/mol. The van der Waals surface area contributed by atoms with Crippen LogP contribution in [0.15, 0.2) is 24.4 Å². The summed E-state index contributed by atoms with van der Waals surface area (Å²) in [7, 11) is 3.74. The molecule has 1 amide bonds. The summed E-state index contributed by atoms with van der Waals surface area (Å²) in [5, 5.41) is 2.67. The van der Waals surface area contributed by atoms with Gasteiger partial charge in [-0.3, -0.25) is 14.6 Å². The quantitative estimate of drug-likeness (QED) is 0.726. The van der Waals surface area contributed by atoms with E-state index < -0.39 is 0 Å². The van der Waals surface area contributed by atoms with Crippen LogP contribution in [0.25, 0.3) is 0 Å². The van der Waals surface area contributed by atoms with Crippen LogP contribution < -0.4 is 14.8 Å². The highest BCUT2D eigenvalue weighted by atomic mass is 16.1. The second-order valence-corrected chi connectivity index (χ2v) is 4.61. The number of likely N-dealkylation sites (N-methyl/N-ethyl adjacent to an activating group) is 1. The van der Waals surface area contributed by atoms with Gasteiger partial charge in [0, 0.05) is 26.2 Å². The maximum absolute atomic E-state index is 11.3. The number of aryl methyl sites for hydroxylation is 1. The van der Waals surface area contributed by atoms with Gasteiger partial charge in [-0.05, 0) is 6.07 Å². The zero-order valence-electron chi connectivity index (χ0n) is 11.1. The molecule has 2 rings (SSSR count). The standard InChI is InChI=1S/C13H20N4O/c1-14-12(18)11-16-7-9-17(10-8-16)13-5-3-4-6-15(13)2/h3-6H,7-11H2,1-2H3/p+1. The Hall–Kier alpha value is -1.62. The van der Waals surface area contributed by atoms with Crippen molar-refractivity contribution in [1.82, 2.24) is 10.2 Å². The molecule has 0 bridgehead atoms. The molecule has 98 valence electrons. The van der Waals surface area contributed by atoms with Crippen LogP contribution in [0.3, 0.4) is 0 Å². The molecular weight excluding hydrogens is 228 g/mol. The van der Waals surface area contributed by atoms with Crippen LogP contribution in [-0.2, 0) is 11.8 Å². The van der Waals surface area contributed by atoms with Gasteiger partial charge in [0.2, 0.25) is 5.91 Å². The van der Waals surface area contributed by atoms with Gasteiger partial charge in [0.05, 0.1) is 32.9 Å². The maximum Gasteiger partial charge on any atom is 0.276 e. The number of anilines is 1. The molecule has 0 aromatic carbocycles. The van der Waals surface area contributed by atoms with Crippen molar-refractivity contribution in [2.24, 2.45) is 7.05 Å². The number of pyridine rings is 1. The van der Waals surface area contributed by atoms with Gasteiger partial charge in [-0.2, -0.15) is 0 Å². The van der Waals surface area contributed by atoms with E-state index in [-0.39, 0.29) is 5.91 Å². The fourth-order valence-electron chi connectivity index (χ4n) is 2.26. The second kappa shape index (κ2) is 5.82. The number of amides is 1. The van der Waals surface area contributed by atoms with Gasteiger partial charge in [0.1, 0.15) is 0 Å². The molecule has 0 aliphatic carbocycles. The van der Waals surface area contributed by atoms with Gasteiger partial charge in [-0.1, -0.05) is 6.07 Å². The fraction of sp³-hybridized carbons (Fsp3) is 0.538. The van der Waals surface area contributed by atoms with E-state index in [1.165, 1.54) is 5.82 Å². The first-order valence-electron chi connectivity index (χ1n) is 6.33. The van der Waals surface area contributed by atoms with Crippen LogP contribution in [0.5, 0.6) is 0 Å². The molecule has 5 nitrogen and oxygen atoms in total. The Balaban J connectivity index is 1.91. The van der Waals surface area contributed by atoms with Gasteiger partial charge in [-0.15, -0.1) is 0 Å². The summed E-state index contributed by atoms with van der Waals surface area (Å²) >= 11 is 0.